The Balaban J connectivity index is 2.13. The standard InChI is InChI=1S/C20H29N2O4Si/c1-15-17(16-10-8-7-9-11-16)22(19(24)21-18(15)23)14-25-12-13-26-27(5,6)20(2,3)4/h8-11H,12-14H2,1-6H3,(H,21,23,24). The fourth-order valence-corrected chi connectivity index (χ4v) is 3.46. The van der Waals surface area contributed by atoms with Crippen LogP contribution >= 0.6 is 0 Å². The van der Waals surface area contributed by atoms with Crippen molar-refractivity contribution in [1.82, 2.24) is 9.55 Å². The van der Waals surface area contributed by atoms with Crippen LogP contribution in [0.4, 0.5) is 0 Å². The number of aromatic nitrogens is 2. The van der Waals surface area contributed by atoms with Crippen molar-refractivity contribution >= 4 is 8.32 Å². The van der Waals surface area contributed by atoms with Gasteiger partial charge >= 0.3 is 5.69 Å². The number of H-pyrrole nitrogens is 1. The summed E-state index contributed by atoms with van der Waals surface area (Å²) >= 11 is 0. The van der Waals surface area contributed by atoms with Gasteiger partial charge < -0.3 is 9.16 Å². The second-order valence-electron chi connectivity index (χ2n) is 8.10. The third kappa shape index (κ3) is 5.06. The van der Waals surface area contributed by atoms with Crippen LogP contribution in [0.3, 0.4) is 0 Å². The van der Waals surface area contributed by atoms with Gasteiger partial charge in [-0.3, -0.25) is 14.3 Å². The molecule has 0 saturated heterocycles. The molecule has 0 unspecified atom stereocenters. The molecule has 147 valence electrons. The molecule has 2 rings (SSSR count). The summed E-state index contributed by atoms with van der Waals surface area (Å²) in [4.78, 5) is 26.7. The highest BCUT2D eigenvalue weighted by atomic mass is 28.4. The SMILES string of the molecule is Cc1c(-c2cc[c]cc2)n(COCCO[Si](C)(C)C(C)(C)C)c(=O)[nH]c1=O. The lowest BCUT2D eigenvalue weighted by Crippen LogP contribution is -2.41. The van der Waals surface area contributed by atoms with Crippen LogP contribution in [-0.4, -0.2) is 31.1 Å². The van der Waals surface area contributed by atoms with E-state index in [0.29, 0.717) is 24.5 Å². The van der Waals surface area contributed by atoms with Crippen LogP contribution in [0.25, 0.3) is 11.3 Å². The van der Waals surface area contributed by atoms with E-state index in [9.17, 15) is 9.59 Å². The van der Waals surface area contributed by atoms with E-state index < -0.39 is 14.0 Å². The van der Waals surface area contributed by atoms with Gasteiger partial charge in [0.25, 0.3) is 5.56 Å². The van der Waals surface area contributed by atoms with E-state index in [2.05, 4.69) is 44.9 Å². The van der Waals surface area contributed by atoms with Gasteiger partial charge in [-0.05, 0) is 36.7 Å². The quantitative estimate of drug-likeness (QED) is 0.582. The van der Waals surface area contributed by atoms with Crippen molar-refractivity contribution in [2.45, 2.75) is 52.6 Å². The van der Waals surface area contributed by atoms with Crippen LogP contribution in [-0.2, 0) is 15.9 Å². The fourth-order valence-electron chi connectivity index (χ4n) is 2.44. The number of nitrogens with zero attached hydrogens (tertiary/aromatic N) is 1. The Bertz CT molecular complexity index is 880. The maximum absolute atomic E-state index is 12.3. The topological polar surface area (TPSA) is 73.3 Å². The third-order valence-electron chi connectivity index (χ3n) is 5.14. The summed E-state index contributed by atoms with van der Waals surface area (Å²) in [6, 6.07) is 10.1. The van der Waals surface area contributed by atoms with Crippen molar-refractivity contribution in [2.24, 2.45) is 0 Å². The van der Waals surface area contributed by atoms with E-state index in [1.807, 2.05) is 12.1 Å². The van der Waals surface area contributed by atoms with E-state index in [0.717, 1.165) is 5.56 Å². The average molecular weight is 390 g/mol. The highest BCUT2D eigenvalue weighted by Gasteiger charge is 2.36. The summed E-state index contributed by atoms with van der Waals surface area (Å²) < 4.78 is 13.2. The second kappa shape index (κ2) is 8.37. The number of aromatic amines is 1. The van der Waals surface area contributed by atoms with Crippen LogP contribution in [0.2, 0.25) is 18.1 Å². The zero-order valence-electron chi connectivity index (χ0n) is 17.0. The molecule has 1 radical (unpaired) electrons. The van der Waals surface area contributed by atoms with E-state index in [4.69, 9.17) is 9.16 Å². The number of benzene rings is 1. The summed E-state index contributed by atoms with van der Waals surface area (Å²) in [7, 11) is -1.82. The van der Waals surface area contributed by atoms with Crippen molar-refractivity contribution in [3.8, 4) is 11.3 Å². The highest BCUT2D eigenvalue weighted by molar-refractivity contribution is 6.74. The van der Waals surface area contributed by atoms with Crippen molar-refractivity contribution < 1.29 is 9.16 Å². The second-order valence-corrected chi connectivity index (χ2v) is 12.9. The smallest absolute Gasteiger partial charge is 0.330 e. The number of hydrogen-bond acceptors (Lipinski definition) is 4. The van der Waals surface area contributed by atoms with Crippen LogP contribution in [0.5, 0.6) is 0 Å². The molecule has 0 fully saturated rings. The zero-order chi connectivity index (χ0) is 20.2. The fraction of sp³-hybridized carbons (Fsp3) is 0.500. The van der Waals surface area contributed by atoms with E-state index >= 15 is 0 Å². The summed E-state index contributed by atoms with van der Waals surface area (Å²) in [6.45, 7) is 13.5. The Hall–Kier alpha value is -1.96. The Kier molecular flexibility index (Phi) is 6.62. The highest BCUT2D eigenvalue weighted by Crippen LogP contribution is 2.36. The minimum atomic E-state index is -1.82. The normalized spacial score (nSPS) is 12.4. The number of rotatable bonds is 7. The molecule has 0 aliphatic carbocycles. The Labute approximate surface area is 161 Å². The molecule has 0 atom stereocenters. The Morgan fingerprint density at radius 3 is 2.37 bits per heavy atom. The van der Waals surface area contributed by atoms with Crippen LogP contribution in [0.15, 0.2) is 33.9 Å². The molecule has 0 bridgehead atoms. The minimum absolute atomic E-state index is 0.0469. The van der Waals surface area contributed by atoms with E-state index in [1.165, 1.54) is 4.57 Å². The van der Waals surface area contributed by atoms with Gasteiger partial charge in [-0.1, -0.05) is 45.0 Å². The predicted octanol–water partition coefficient (Wildman–Crippen LogP) is 3.31. The molecule has 7 heteroatoms. The summed E-state index contributed by atoms with van der Waals surface area (Å²) in [6.07, 6.45) is 0. The molecule has 0 amide bonds. The number of hydrogen-bond donors (Lipinski definition) is 1. The summed E-state index contributed by atoms with van der Waals surface area (Å²) in [5, 5.41) is 0.136. The molecule has 6 nitrogen and oxygen atoms in total. The molecule has 0 saturated carbocycles. The van der Waals surface area contributed by atoms with Gasteiger partial charge in [0.15, 0.2) is 8.32 Å². The van der Waals surface area contributed by atoms with E-state index in [1.54, 1.807) is 19.1 Å². The molecule has 27 heavy (non-hydrogen) atoms. The Morgan fingerprint density at radius 1 is 1.15 bits per heavy atom. The number of ether oxygens (including phenoxy) is 1. The first-order valence-electron chi connectivity index (χ1n) is 9.06. The largest absolute Gasteiger partial charge is 0.414 e. The predicted molar refractivity (Wildman–Crippen MR) is 109 cm³/mol. The first-order chi connectivity index (χ1) is 12.5. The molecular formula is C20H29N2O4Si. The molecular weight excluding hydrogens is 360 g/mol. The van der Waals surface area contributed by atoms with Crippen LogP contribution in [0, 0.1) is 13.0 Å². The van der Waals surface area contributed by atoms with E-state index in [-0.39, 0.29) is 17.3 Å². The van der Waals surface area contributed by atoms with Crippen molar-refractivity contribution in [3.63, 3.8) is 0 Å². The summed E-state index contributed by atoms with van der Waals surface area (Å²) in [5.41, 5.74) is 0.930. The van der Waals surface area contributed by atoms with Gasteiger partial charge in [-0.2, -0.15) is 0 Å². The van der Waals surface area contributed by atoms with Gasteiger partial charge in [0, 0.05) is 5.56 Å². The van der Waals surface area contributed by atoms with Gasteiger partial charge in [0.1, 0.15) is 6.73 Å². The van der Waals surface area contributed by atoms with Crippen LogP contribution < -0.4 is 11.2 Å². The lowest BCUT2D eigenvalue weighted by Gasteiger charge is -2.36. The molecule has 0 spiro atoms. The average Bonchev–Trinajstić information content (AvgIpc) is 2.58. The van der Waals surface area contributed by atoms with Crippen molar-refractivity contribution in [1.29, 1.82) is 0 Å². The lowest BCUT2D eigenvalue weighted by molar-refractivity contribution is 0.0490. The third-order valence-corrected chi connectivity index (χ3v) is 9.68. The lowest BCUT2D eigenvalue weighted by atomic mass is 10.1. The van der Waals surface area contributed by atoms with Crippen LogP contribution in [0.1, 0.15) is 26.3 Å². The molecule has 1 aromatic heterocycles. The molecule has 1 aromatic carbocycles. The molecule has 1 N–H and O–H groups in total. The molecule has 1 heterocycles. The first-order valence-corrected chi connectivity index (χ1v) is 12.0. The maximum atomic E-state index is 12.3. The first kappa shape index (κ1) is 21.3. The zero-order valence-corrected chi connectivity index (χ0v) is 18.0. The Morgan fingerprint density at radius 2 is 1.78 bits per heavy atom. The van der Waals surface area contributed by atoms with Crippen molar-refractivity contribution in [2.75, 3.05) is 13.2 Å². The van der Waals surface area contributed by atoms with Crippen molar-refractivity contribution in [3.05, 3.63) is 56.7 Å². The van der Waals surface area contributed by atoms with Gasteiger partial charge in [-0.15, -0.1) is 0 Å². The minimum Gasteiger partial charge on any atom is -0.414 e. The van der Waals surface area contributed by atoms with Gasteiger partial charge in [0.2, 0.25) is 0 Å². The number of nitrogens with one attached hydrogen (secondary N) is 1. The van der Waals surface area contributed by atoms with Gasteiger partial charge in [-0.25, -0.2) is 4.79 Å². The molecule has 2 aromatic rings. The van der Waals surface area contributed by atoms with Gasteiger partial charge in [0.05, 0.1) is 18.9 Å². The molecule has 0 aliphatic rings. The molecule has 0 aliphatic heterocycles. The monoisotopic (exact) mass is 389 g/mol. The maximum Gasteiger partial charge on any atom is 0.330 e. The summed E-state index contributed by atoms with van der Waals surface area (Å²) in [5.74, 6) is 0.